The molecule has 0 saturated heterocycles. The van der Waals surface area contributed by atoms with Crippen LogP contribution in [0, 0.1) is 0 Å². The molecule has 2 aliphatic rings. The number of rotatable bonds is 3. The van der Waals surface area contributed by atoms with E-state index in [-0.39, 0.29) is 4.90 Å². The second kappa shape index (κ2) is 4.79. The molecule has 1 aliphatic heterocycles. The molecule has 0 spiro atoms. The largest absolute Gasteiger partial charge is 0.349 e. The van der Waals surface area contributed by atoms with Gasteiger partial charge in [0.25, 0.3) is 0 Å². The van der Waals surface area contributed by atoms with Crippen molar-refractivity contribution in [3.05, 3.63) is 36.0 Å². The molecule has 0 radical (unpaired) electrons. The van der Waals surface area contributed by atoms with Gasteiger partial charge in [-0.05, 0) is 25.0 Å². The van der Waals surface area contributed by atoms with E-state index in [9.17, 15) is 8.42 Å². The third-order valence-electron chi connectivity index (χ3n) is 4.24. The van der Waals surface area contributed by atoms with Gasteiger partial charge < -0.3 is 9.47 Å². The van der Waals surface area contributed by atoms with Crippen LogP contribution < -0.4 is 10.0 Å². The molecular weight excluding hydrogens is 302 g/mol. The SMILES string of the molecule is NS(=O)(=O)c1cccnc1N1CCc2c(ncn2C2CC2)C1. The van der Waals surface area contributed by atoms with Crippen molar-refractivity contribution < 1.29 is 8.42 Å². The number of anilines is 1. The fourth-order valence-electron chi connectivity index (χ4n) is 3.02. The Bertz CT molecular complexity index is 826. The van der Waals surface area contributed by atoms with E-state index in [1.165, 1.54) is 24.6 Å². The number of aromatic nitrogens is 3. The average Bonchev–Trinajstić information content (AvgIpc) is 3.25. The van der Waals surface area contributed by atoms with Crippen molar-refractivity contribution in [2.45, 2.75) is 36.7 Å². The maximum atomic E-state index is 11.7. The Kier molecular flexibility index (Phi) is 2.98. The molecule has 1 aliphatic carbocycles. The number of primary sulfonamides is 1. The Labute approximate surface area is 128 Å². The predicted molar refractivity (Wildman–Crippen MR) is 80.9 cm³/mol. The first-order chi connectivity index (χ1) is 10.5. The summed E-state index contributed by atoms with van der Waals surface area (Å²) in [6.07, 6.45) is 6.78. The summed E-state index contributed by atoms with van der Waals surface area (Å²) in [6.45, 7) is 1.28. The van der Waals surface area contributed by atoms with E-state index < -0.39 is 10.0 Å². The van der Waals surface area contributed by atoms with Crippen LogP contribution in [0.15, 0.2) is 29.6 Å². The highest BCUT2D eigenvalue weighted by Crippen LogP contribution is 2.38. The molecule has 2 aromatic heterocycles. The molecule has 4 rings (SSSR count). The van der Waals surface area contributed by atoms with Gasteiger partial charge in [0.1, 0.15) is 10.7 Å². The van der Waals surface area contributed by atoms with E-state index in [0.717, 1.165) is 12.1 Å². The summed E-state index contributed by atoms with van der Waals surface area (Å²) in [7, 11) is -3.79. The number of hydrogen-bond donors (Lipinski definition) is 1. The quantitative estimate of drug-likeness (QED) is 0.904. The molecule has 8 heteroatoms. The number of pyridine rings is 1. The molecule has 3 heterocycles. The second-order valence-corrected chi connectivity index (χ2v) is 7.35. The van der Waals surface area contributed by atoms with Gasteiger partial charge in [0.2, 0.25) is 10.0 Å². The third kappa shape index (κ3) is 2.28. The summed E-state index contributed by atoms with van der Waals surface area (Å²) >= 11 is 0. The van der Waals surface area contributed by atoms with E-state index in [1.54, 1.807) is 12.3 Å². The molecule has 0 aromatic carbocycles. The monoisotopic (exact) mass is 319 g/mol. The van der Waals surface area contributed by atoms with Crippen LogP contribution in [0.1, 0.15) is 30.3 Å². The summed E-state index contributed by atoms with van der Waals surface area (Å²) in [6, 6.07) is 3.69. The van der Waals surface area contributed by atoms with E-state index >= 15 is 0 Å². The Hall–Kier alpha value is -1.93. The van der Waals surface area contributed by atoms with Crippen LogP contribution in [0.2, 0.25) is 0 Å². The fraction of sp³-hybridized carbons (Fsp3) is 0.429. The second-order valence-electron chi connectivity index (χ2n) is 5.82. The number of nitrogens with zero attached hydrogens (tertiary/aromatic N) is 4. The highest BCUT2D eigenvalue weighted by molar-refractivity contribution is 7.89. The summed E-state index contributed by atoms with van der Waals surface area (Å²) in [5.41, 5.74) is 2.27. The Morgan fingerprint density at radius 1 is 1.27 bits per heavy atom. The van der Waals surface area contributed by atoms with Gasteiger partial charge in [-0.2, -0.15) is 0 Å². The van der Waals surface area contributed by atoms with E-state index in [4.69, 9.17) is 5.14 Å². The average molecular weight is 319 g/mol. The van der Waals surface area contributed by atoms with Crippen LogP contribution >= 0.6 is 0 Å². The van der Waals surface area contributed by atoms with Gasteiger partial charge in [0.05, 0.1) is 18.6 Å². The Morgan fingerprint density at radius 3 is 2.82 bits per heavy atom. The lowest BCUT2D eigenvalue weighted by Crippen LogP contribution is -2.33. The topological polar surface area (TPSA) is 94.1 Å². The van der Waals surface area contributed by atoms with Gasteiger partial charge in [0.15, 0.2) is 0 Å². The first kappa shape index (κ1) is 13.7. The molecule has 2 aromatic rings. The molecule has 0 unspecified atom stereocenters. The van der Waals surface area contributed by atoms with Crippen molar-refractivity contribution in [3.8, 4) is 0 Å². The van der Waals surface area contributed by atoms with Gasteiger partial charge in [-0.3, -0.25) is 0 Å². The highest BCUT2D eigenvalue weighted by Gasteiger charge is 2.31. The molecule has 22 heavy (non-hydrogen) atoms. The molecule has 0 atom stereocenters. The van der Waals surface area contributed by atoms with Crippen LogP contribution in [0.4, 0.5) is 5.82 Å². The standard InChI is InChI=1S/C14H17N5O2S/c15-22(20,21)13-2-1-6-16-14(13)18-7-5-12-11(8-18)17-9-19(12)10-3-4-10/h1-2,6,9-10H,3-5,7-8H2,(H2,15,20,21). The molecular formula is C14H17N5O2S. The van der Waals surface area contributed by atoms with Crippen molar-refractivity contribution in [1.82, 2.24) is 14.5 Å². The maximum Gasteiger partial charge on any atom is 0.241 e. The summed E-state index contributed by atoms with van der Waals surface area (Å²) in [4.78, 5) is 10.7. The lowest BCUT2D eigenvalue weighted by atomic mass is 10.1. The zero-order chi connectivity index (χ0) is 15.3. The van der Waals surface area contributed by atoms with E-state index in [0.29, 0.717) is 24.9 Å². The third-order valence-corrected chi connectivity index (χ3v) is 5.17. The molecule has 0 bridgehead atoms. The maximum absolute atomic E-state index is 11.7. The minimum Gasteiger partial charge on any atom is -0.349 e. The number of imidazole rings is 1. The van der Waals surface area contributed by atoms with Crippen molar-refractivity contribution in [1.29, 1.82) is 0 Å². The molecule has 1 fully saturated rings. The van der Waals surface area contributed by atoms with Crippen molar-refractivity contribution in [2.75, 3.05) is 11.4 Å². The lowest BCUT2D eigenvalue weighted by Gasteiger charge is -2.29. The van der Waals surface area contributed by atoms with Crippen molar-refractivity contribution in [2.24, 2.45) is 5.14 Å². The first-order valence-corrected chi connectivity index (χ1v) is 8.86. The summed E-state index contributed by atoms with van der Waals surface area (Å²) < 4.78 is 25.7. The van der Waals surface area contributed by atoms with Gasteiger partial charge in [-0.25, -0.2) is 23.5 Å². The number of nitrogens with two attached hydrogens (primary N) is 1. The van der Waals surface area contributed by atoms with Gasteiger partial charge >= 0.3 is 0 Å². The summed E-state index contributed by atoms with van der Waals surface area (Å²) in [5, 5.41) is 5.30. The zero-order valence-electron chi connectivity index (χ0n) is 12.0. The van der Waals surface area contributed by atoms with Gasteiger partial charge in [-0.1, -0.05) is 0 Å². The van der Waals surface area contributed by atoms with Gasteiger partial charge in [0, 0.05) is 30.9 Å². The zero-order valence-corrected chi connectivity index (χ0v) is 12.8. The van der Waals surface area contributed by atoms with Crippen LogP contribution in [0.3, 0.4) is 0 Å². The summed E-state index contributed by atoms with van der Waals surface area (Å²) in [5.74, 6) is 0.414. The lowest BCUT2D eigenvalue weighted by molar-refractivity contribution is 0.594. The predicted octanol–water partition coefficient (Wildman–Crippen LogP) is 0.823. The minimum atomic E-state index is -3.79. The number of fused-ring (bicyclic) bond motifs is 1. The molecule has 0 amide bonds. The van der Waals surface area contributed by atoms with Crippen LogP contribution in [-0.2, 0) is 23.0 Å². The molecule has 1 saturated carbocycles. The smallest absolute Gasteiger partial charge is 0.241 e. The number of sulfonamides is 1. The molecule has 116 valence electrons. The van der Waals surface area contributed by atoms with Crippen LogP contribution in [0.25, 0.3) is 0 Å². The van der Waals surface area contributed by atoms with Crippen LogP contribution in [0.5, 0.6) is 0 Å². The number of hydrogen-bond acceptors (Lipinski definition) is 5. The minimum absolute atomic E-state index is 0.0695. The first-order valence-electron chi connectivity index (χ1n) is 7.31. The van der Waals surface area contributed by atoms with Gasteiger partial charge in [-0.15, -0.1) is 0 Å². The normalized spacial score (nSPS) is 18.3. The highest BCUT2D eigenvalue weighted by atomic mass is 32.2. The van der Waals surface area contributed by atoms with Crippen molar-refractivity contribution >= 4 is 15.8 Å². The van der Waals surface area contributed by atoms with E-state index in [1.807, 2.05) is 11.2 Å². The van der Waals surface area contributed by atoms with Crippen molar-refractivity contribution in [3.63, 3.8) is 0 Å². The molecule has 7 nitrogen and oxygen atoms in total. The Morgan fingerprint density at radius 2 is 2.09 bits per heavy atom. The fourth-order valence-corrected chi connectivity index (χ4v) is 3.73. The molecule has 2 N–H and O–H groups in total. The Balaban J connectivity index is 1.68. The van der Waals surface area contributed by atoms with Crippen LogP contribution in [-0.4, -0.2) is 29.5 Å². The van der Waals surface area contributed by atoms with E-state index in [2.05, 4.69) is 14.5 Å².